The third-order valence-electron chi connectivity index (χ3n) is 4.34. The number of hydrogen-bond acceptors (Lipinski definition) is 4. The topological polar surface area (TPSA) is 54.2 Å². The first-order chi connectivity index (χ1) is 8.19. The second-order valence-electron chi connectivity index (χ2n) is 5.38. The van der Waals surface area contributed by atoms with Crippen LogP contribution < -0.4 is 0 Å². The fourth-order valence-corrected chi connectivity index (χ4v) is 3.33. The summed E-state index contributed by atoms with van der Waals surface area (Å²) in [5.41, 5.74) is -0.596. The average Bonchev–Trinajstić information content (AvgIpc) is 2.87. The molecule has 94 valence electrons. The molecule has 0 amide bonds. The van der Waals surface area contributed by atoms with Crippen LogP contribution in [0, 0.1) is 0 Å². The highest BCUT2D eigenvalue weighted by Gasteiger charge is 2.47. The highest BCUT2D eigenvalue weighted by atomic mass is 16.3. The van der Waals surface area contributed by atoms with Crippen molar-refractivity contribution in [2.45, 2.75) is 43.7 Å². The summed E-state index contributed by atoms with van der Waals surface area (Å²) in [6, 6.07) is 0.327. The van der Waals surface area contributed by atoms with E-state index in [1.807, 2.05) is 7.05 Å². The van der Waals surface area contributed by atoms with Crippen LogP contribution in [0.15, 0.2) is 6.33 Å². The molecule has 2 aliphatic rings. The number of piperidine rings is 1. The van der Waals surface area contributed by atoms with Crippen molar-refractivity contribution in [3.05, 3.63) is 12.2 Å². The Morgan fingerprint density at radius 3 is 3.12 bits per heavy atom. The molecular weight excluding hydrogens is 216 g/mol. The van der Waals surface area contributed by atoms with Crippen LogP contribution >= 0.6 is 0 Å². The molecule has 2 saturated heterocycles. The lowest BCUT2D eigenvalue weighted by Gasteiger charge is -2.37. The molecule has 5 heteroatoms. The number of aryl methyl sites for hydroxylation is 1. The summed E-state index contributed by atoms with van der Waals surface area (Å²) in [5.74, 6) is 0.889. The van der Waals surface area contributed by atoms with Gasteiger partial charge in [-0.25, -0.2) is 4.98 Å². The van der Waals surface area contributed by atoms with Crippen LogP contribution in [0.25, 0.3) is 0 Å². The van der Waals surface area contributed by atoms with Crippen molar-refractivity contribution in [2.24, 2.45) is 7.05 Å². The van der Waals surface area contributed by atoms with Crippen LogP contribution in [0.5, 0.6) is 0 Å². The van der Waals surface area contributed by atoms with Gasteiger partial charge in [0.25, 0.3) is 0 Å². The molecule has 1 N–H and O–H groups in total. The number of aromatic nitrogens is 3. The quantitative estimate of drug-likeness (QED) is 0.805. The lowest BCUT2D eigenvalue weighted by Crippen LogP contribution is -2.48. The Morgan fingerprint density at radius 2 is 2.35 bits per heavy atom. The molecule has 2 atom stereocenters. The summed E-state index contributed by atoms with van der Waals surface area (Å²) in [6.07, 6.45) is 6.69. The second kappa shape index (κ2) is 4.07. The molecule has 0 aromatic carbocycles. The molecule has 3 heterocycles. The molecule has 2 unspecified atom stereocenters. The maximum Gasteiger partial charge on any atom is 0.138 e. The van der Waals surface area contributed by atoms with Gasteiger partial charge in [-0.15, -0.1) is 0 Å². The minimum absolute atomic E-state index is 0.327. The fraction of sp³-hybridized carbons (Fsp3) is 0.833. The van der Waals surface area contributed by atoms with Gasteiger partial charge in [-0.05, 0) is 25.8 Å². The SMILES string of the molecule is Cn1ncnc1CC1(O)CCN2CCCCC21. The Balaban J connectivity index is 1.79. The lowest BCUT2D eigenvalue weighted by atomic mass is 9.86. The molecule has 1 aromatic heterocycles. The lowest BCUT2D eigenvalue weighted by molar-refractivity contribution is -0.0109. The predicted molar refractivity (Wildman–Crippen MR) is 63.5 cm³/mol. The van der Waals surface area contributed by atoms with Gasteiger partial charge in [-0.2, -0.15) is 5.10 Å². The van der Waals surface area contributed by atoms with Gasteiger partial charge in [0.05, 0.1) is 5.60 Å². The highest BCUT2D eigenvalue weighted by molar-refractivity contribution is 5.06. The molecule has 0 radical (unpaired) electrons. The van der Waals surface area contributed by atoms with Crippen molar-refractivity contribution < 1.29 is 5.11 Å². The molecule has 0 aliphatic carbocycles. The summed E-state index contributed by atoms with van der Waals surface area (Å²) in [5, 5.41) is 14.9. The normalized spacial score (nSPS) is 33.9. The van der Waals surface area contributed by atoms with E-state index in [1.54, 1.807) is 11.0 Å². The standard InChI is InChI=1S/C12H20N4O/c1-15-11(13-9-14-15)8-12(17)5-7-16-6-3-2-4-10(12)16/h9-10,17H,2-8H2,1H3. The number of hydrogen-bond donors (Lipinski definition) is 1. The van der Waals surface area contributed by atoms with Crippen molar-refractivity contribution in [2.75, 3.05) is 13.1 Å². The van der Waals surface area contributed by atoms with Crippen LogP contribution in [0.2, 0.25) is 0 Å². The van der Waals surface area contributed by atoms with E-state index >= 15 is 0 Å². The Kier molecular flexibility index (Phi) is 2.67. The van der Waals surface area contributed by atoms with Gasteiger partial charge in [0.2, 0.25) is 0 Å². The average molecular weight is 236 g/mol. The number of fused-ring (bicyclic) bond motifs is 1. The second-order valence-corrected chi connectivity index (χ2v) is 5.38. The van der Waals surface area contributed by atoms with Gasteiger partial charge in [-0.1, -0.05) is 6.42 Å². The van der Waals surface area contributed by atoms with Gasteiger partial charge >= 0.3 is 0 Å². The monoisotopic (exact) mass is 236 g/mol. The molecule has 5 nitrogen and oxygen atoms in total. The van der Waals surface area contributed by atoms with Crippen LogP contribution in [-0.4, -0.2) is 49.5 Å². The Hall–Kier alpha value is -0.940. The van der Waals surface area contributed by atoms with Crippen molar-refractivity contribution >= 4 is 0 Å². The molecule has 3 rings (SSSR count). The highest BCUT2D eigenvalue weighted by Crippen LogP contribution is 2.36. The van der Waals surface area contributed by atoms with Gasteiger partial charge < -0.3 is 5.11 Å². The number of aliphatic hydroxyl groups is 1. The van der Waals surface area contributed by atoms with Crippen LogP contribution in [-0.2, 0) is 13.5 Å². The van der Waals surface area contributed by atoms with Crippen molar-refractivity contribution in [1.29, 1.82) is 0 Å². The number of rotatable bonds is 2. The molecule has 17 heavy (non-hydrogen) atoms. The predicted octanol–water partition coefficient (Wildman–Crippen LogP) is 0.347. The summed E-state index contributed by atoms with van der Waals surface area (Å²) in [6.45, 7) is 2.17. The molecule has 2 fully saturated rings. The maximum atomic E-state index is 10.9. The Labute approximate surface area is 101 Å². The first kappa shape index (κ1) is 11.2. The van der Waals surface area contributed by atoms with Gasteiger partial charge in [0.15, 0.2) is 0 Å². The van der Waals surface area contributed by atoms with E-state index in [4.69, 9.17) is 0 Å². The molecule has 1 aromatic rings. The van der Waals surface area contributed by atoms with Crippen molar-refractivity contribution in [1.82, 2.24) is 19.7 Å². The zero-order chi connectivity index (χ0) is 11.9. The third-order valence-corrected chi connectivity index (χ3v) is 4.34. The number of nitrogens with zero attached hydrogens (tertiary/aromatic N) is 4. The van der Waals surface area contributed by atoms with E-state index in [1.165, 1.54) is 12.8 Å². The van der Waals surface area contributed by atoms with Gasteiger partial charge in [0.1, 0.15) is 12.2 Å². The third kappa shape index (κ3) is 1.87. The maximum absolute atomic E-state index is 10.9. The van der Waals surface area contributed by atoms with Gasteiger partial charge in [-0.3, -0.25) is 9.58 Å². The molecule has 2 aliphatic heterocycles. The van der Waals surface area contributed by atoms with Crippen molar-refractivity contribution in [3.8, 4) is 0 Å². The molecular formula is C12H20N4O. The van der Waals surface area contributed by atoms with Crippen LogP contribution in [0.4, 0.5) is 0 Å². The smallest absolute Gasteiger partial charge is 0.138 e. The first-order valence-electron chi connectivity index (χ1n) is 6.48. The largest absolute Gasteiger partial charge is 0.388 e. The first-order valence-corrected chi connectivity index (χ1v) is 6.48. The summed E-state index contributed by atoms with van der Waals surface area (Å²) < 4.78 is 1.77. The van der Waals surface area contributed by atoms with E-state index in [2.05, 4.69) is 15.0 Å². The zero-order valence-corrected chi connectivity index (χ0v) is 10.3. The van der Waals surface area contributed by atoms with E-state index in [9.17, 15) is 5.11 Å². The summed E-state index contributed by atoms with van der Waals surface area (Å²) in [4.78, 5) is 6.68. The van der Waals surface area contributed by atoms with Crippen molar-refractivity contribution in [3.63, 3.8) is 0 Å². The summed E-state index contributed by atoms with van der Waals surface area (Å²) in [7, 11) is 1.89. The van der Waals surface area contributed by atoms with Crippen LogP contribution in [0.3, 0.4) is 0 Å². The van der Waals surface area contributed by atoms with Crippen LogP contribution in [0.1, 0.15) is 31.5 Å². The van der Waals surface area contributed by atoms with E-state index in [-0.39, 0.29) is 0 Å². The molecule has 0 saturated carbocycles. The van der Waals surface area contributed by atoms with E-state index in [0.717, 1.165) is 31.8 Å². The van der Waals surface area contributed by atoms with E-state index in [0.29, 0.717) is 12.5 Å². The molecule has 0 spiro atoms. The van der Waals surface area contributed by atoms with Gasteiger partial charge in [0, 0.05) is 26.1 Å². The molecule has 0 bridgehead atoms. The minimum atomic E-state index is -0.596. The Bertz CT molecular complexity index is 405. The fourth-order valence-electron chi connectivity index (χ4n) is 3.33. The van der Waals surface area contributed by atoms with E-state index < -0.39 is 5.60 Å². The zero-order valence-electron chi connectivity index (χ0n) is 10.3. The Morgan fingerprint density at radius 1 is 1.47 bits per heavy atom. The summed E-state index contributed by atoms with van der Waals surface area (Å²) >= 11 is 0. The minimum Gasteiger partial charge on any atom is -0.388 e.